The zero-order chi connectivity index (χ0) is 13.7. The molecular formula is C15H21Br2NO. The molecule has 0 radical (unpaired) electrons. The van der Waals surface area contributed by atoms with Gasteiger partial charge in [0.1, 0.15) is 5.75 Å². The quantitative estimate of drug-likeness (QED) is 0.658. The lowest BCUT2D eigenvalue weighted by Crippen LogP contribution is -2.34. The van der Waals surface area contributed by atoms with Crippen LogP contribution in [0.25, 0.3) is 0 Å². The molecule has 106 valence electrons. The molecule has 1 aromatic carbocycles. The maximum Gasteiger partial charge on any atom is 0.133 e. The van der Waals surface area contributed by atoms with E-state index in [2.05, 4.69) is 48.9 Å². The lowest BCUT2D eigenvalue weighted by molar-refractivity contribution is 0.202. The van der Waals surface area contributed by atoms with Crippen LogP contribution in [0, 0.1) is 0 Å². The minimum Gasteiger partial charge on any atom is -0.496 e. The summed E-state index contributed by atoms with van der Waals surface area (Å²) in [4.78, 5) is 2.61. The van der Waals surface area contributed by atoms with Gasteiger partial charge in [-0.15, -0.1) is 0 Å². The fraction of sp³-hybridized carbons (Fsp3) is 0.600. The fourth-order valence-corrected chi connectivity index (χ4v) is 3.86. The predicted octanol–water partition coefficient (Wildman–Crippen LogP) is 4.60. The Morgan fingerprint density at radius 3 is 2.63 bits per heavy atom. The van der Waals surface area contributed by atoms with Gasteiger partial charge in [-0.05, 0) is 46.5 Å². The molecule has 1 aliphatic rings. The first-order chi connectivity index (χ1) is 9.24. The maximum atomic E-state index is 5.28. The highest BCUT2D eigenvalue weighted by atomic mass is 79.9. The van der Waals surface area contributed by atoms with Gasteiger partial charge in [-0.2, -0.15) is 0 Å². The predicted molar refractivity (Wildman–Crippen MR) is 87.2 cm³/mol. The first-order valence-corrected chi connectivity index (χ1v) is 8.78. The highest BCUT2D eigenvalue weighted by Gasteiger charge is 2.22. The monoisotopic (exact) mass is 389 g/mol. The average molecular weight is 391 g/mol. The van der Waals surface area contributed by atoms with Crippen molar-refractivity contribution in [3.63, 3.8) is 0 Å². The second-order valence-corrected chi connectivity index (χ2v) is 6.71. The zero-order valence-electron chi connectivity index (χ0n) is 11.4. The number of hydrogen-bond acceptors (Lipinski definition) is 2. The van der Waals surface area contributed by atoms with Crippen molar-refractivity contribution in [2.24, 2.45) is 0 Å². The van der Waals surface area contributed by atoms with Crippen LogP contribution in [0.3, 0.4) is 0 Å². The second-order valence-electron chi connectivity index (χ2n) is 5.07. The molecule has 4 heteroatoms. The number of ether oxygens (including phenoxy) is 1. The van der Waals surface area contributed by atoms with Crippen LogP contribution in [0.15, 0.2) is 22.7 Å². The van der Waals surface area contributed by atoms with Crippen molar-refractivity contribution in [1.29, 1.82) is 0 Å². The highest BCUT2D eigenvalue weighted by Crippen LogP contribution is 2.28. The number of hydrogen-bond donors (Lipinski definition) is 0. The van der Waals surface area contributed by atoms with Gasteiger partial charge in [0.2, 0.25) is 0 Å². The molecule has 0 bridgehead atoms. The van der Waals surface area contributed by atoms with Gasteiger partial charge in [-0.25, -0.2) is 0 Å². The number of nitrogens with zero attached hydrogens (tertiary/aromatic N) is 1. The molecule has 0 aromatic heterocycles. The molecule has 2 rings (SSSR count). The third-order valence-electron chi connectivity index (χ3n) is 3.81. The van der Waals surface area contributed by atoms with Crippen LogP contribution < -0.4 is 4.74 Å². The first kappa shape index (κ1) is 15.3. The van der Waals surface area contributed by atoms with E-state index < -0.39 is 0 Å². The van der Waals surface area contributed by atoms with Crippen LogP contribution in [0.4, 0.5) is 0 Å². The standard InChI is InChI=1S/C15H21Br2NO/c1-19-15-7-6-12(10-14(15)17)11-18(9-8-16)13-4-2-3-5-13/h6-7,10,13H,2-5,8-9,11H2,1H3. The van der Waals surface area contributed by atoms with E-state index in [1.807, 2.05) is 6.07 Å². The van der Waals surface area contributed by atoms with Crippen LogP contribution in [0.1, 0.15) is 31.2 Å². The third kappa shape index (κ3) is 4.20. The Bertz CT molecular complexity index is 405. The highest BCUT2D eigenvalue weighted by molar-refractivity contribution is 9.10. The molecule has 1 fully saturated rings. The largest absolute Gasteiger partial charge is 0.496 e. The summed E-state index contributed by atoms with van der Waals surface area (Å²) in [5, 5.41) is 1.04. The topological polar surface area (TPSA) is 12.5 Å². The maximum absolute atomic E-state index is 5.28. The lowest BCUT2D eigenvalue weighted by atomic mass is 10.1. The van der Waals surface area contributed by atoms with Crippen molar-refractivity contribution in [2.75, 3.05) is 19.0 Å². The Labute approximate surface area is 132 Å². The summed E-state index contributed by atoms with van der Waals surface area (Å²) in [6.07, 6.45) is 5.47. The van der Waals surface area contributed by atoms with Crippen molar-refractivity contribution < 1.29 is 4.74 Å². The van der Waals surface area contributed by atoms with E-state index in [0.29, 0.717) is 0 Å². The van der Waals surface area contributed by atoms with Crippen LogP contribution in [0.5, 0.6) is 5.75 Å². The Morgan fingerprint density at radius 2 is 2.05 bits per heavy atom. The molecule has 1 aliphatic carbocycles. The zero-order valence-corrected chi connectivity index (χ0v) is 14.5. The van der Waals surface area contributed by atoms with Gasteiger partial charge in [0.15, 0.2) is 0 Å². The molecule has 0 N–H and O–H groups in total. The lowest BCUT2D eigenvalue weighted by Gasteiger charge is -2.28. The minimum atomic E-state index is 0.762. The van der Waals surface area contributed by atoms with E-state index in [1.165, 1.54) is 31.2 Å². The van der Waals surface area contributed by atoms with Gasteiger partial charge in [-0.1, -0.05) is 34.8 Å². The molecule has 1 aromatic rings. The van der Waals surface area contributed by atoms with Gasteiger partial charge in [0.25, 0.3) is 0 Å². The van der Waals surface area contributed by atoms with Crippen LogP contribution in [0.2, 0.25) is 0 Å². The van der Waals surface area contributed by atoms with Gasteiger partial charge in [0.05, 0.1) is 11.6 Å². The molecular weight excluding hydrogens is 370 g/mol. The molecule has 19 heavy (non-hydrogen) atoms. The number of benzene rings is 1. The molecule has 0 saturated heterocycles. The third-order valence-corrected chi connectivity index (χ3v) is 4.79. The van der Waals surface area contributed by atoms with Crippen LogP contribution in [-0.2, 0) is 6.54 Å². The summed E-state index contributed by atoms with van der Waals surface area (Å²) in [6, 6.07) is 7.15. The Hall–Kier alpha value is -0.0600. The molecule has 0 heterocycles. The van der Waals surface area contributed by atoms with E-state index in [0.717, 1.165) is 34.7 Å². The number of methoxy groups -OCH3 is 1. The van der Waals surface area contributed by atoms with Crippen molar-refractivity contribution in [3.8, 4) is 5.75 Å². The fourth-order valence-electron chi connectivity index (χ4n) is 2.81. The van der Waals surface area contributed by atoms with Crippen molar-refractivity contribution in [2.45, 2.75) is 38.3 Å². The molecule has 0 atom stereocenters. The Balaban J connectivity index is 2.05. The van der Waals surface area contributed by atoms with Gasteiger partial charge in [0, 0.05) is 24.5 Å². The van der Waals surface area contributed by atoms with E-state index in [-0.39, 0.29) is 0 Å². The summed E-state index contributed by atoms with van der Waals surface area (Å²) in [7, 11) is 1.70. The normalized spacial score (nSPS) is 16.2. The van der Waals surface area contributed by atoms with E-state index in [9.17, 15) is 0 Å². The van der Waals surface area contributed by atoms with Crippen molar-refractivity contribution >= 4 is 31.9 Å². The number of rotatable bonds is 6. The van der Waals surface area contributed by atoms with Crippen molar-refractivity contribution in [1.82, 2.24) is 4.90 Å². The molecule has 2 nitrogen and oxygen atoms in total. The molecule has 0 unspecified atom stereocenters. The Kier molecular flexibility index (Phi) is 6.17. The SMILES string of the molecule is COc1ccc(CN(CCBr)C2CCCC2)cc1Br. The van der Waals surface area contributed by atoms with E-state index >= 15 is 0 Å². The first-order valence-electron chi connectivity index (χ1n) is 6.87. The van der Waals surface area contributed by atoms with E-state index in [1.54, 1.807) is 7.11 Å². The summed E-state index contributed by atoms with van der Waals surface area (Å²) < 4.78 is 6.32. The summed E-state index contributed by atoms with van der Waals surface area (Å²) >= 11 is 7.14. The van der Waals surface area contributed by atoms with Crippen molar-refractivity contribution in [3.05, 3.63) is 28.2 Å². The van der Waals surface area contributed by atoms with Gasteiger partial charge >= 0.3 is 0 Å². The Morgan fingerprint density at radius 1 is 1.32 bits per heavy atom. The summed E-state index contributed by atoms with van der Waals surface area (Å²) in [5.41, 5.74) is 1.35. The molecule has 0 amide bonds. The molecule has 0 spiro atoms. The number of halogens is 2. The van der Waals surface area contributed by atoms with E-state index in [4.69, 9.17) is 4.74 Å². The smallest absolute Gasteiger partial charge is 0.133 e. The van der Waals surface area contributed by atoms with Crippen LogP contribution in [-0.4, -0.2) is 29.9 Å². The van der Waals surface area contributed by atoms with Crippen LogP contribution >= 0.6 is 31.9 Å². The molecule has 1 saturated carbocycles. The van der Waals surface area contributed by atoms with Gasteiger partial charge < -0.3 is 4.74 Å². The summed E-state index contributed by atoms with van der Waals surface area (Å²) in [6.45, 7) is 2.15. The van der Waals surface area contributed by atoms with Gasteiger partial charge in [-0.3, -0.25) is 4.90 Å². The average Bonchev–Trinajstić information content (AvgIpc) is 2.92. The molecule has 0 aliphatic heterocycles. The summed E-state index contributed by atoms with van der Waals surface area (Å²) in [5.74, 6) is 0.900. The number of alkyl halides is 1. The second kappa shape index (κ2) is 7.65. The minimum absolute atomic E-state index is 0.762.